The Morgan fingerprint density at radius 3 is 2.66 bits per heavy atom. The van der Waals surface area contributed by atoms with Gasteiger partial charge in [-0.1, -0.05) is 12.5 Å². The third-order valence-corrected chi connectivity index (χ3v) is 6.42. The first kappa shape index (κ1) is 23.6. The molecule has 1 aliphatic heterocycles. The number of likely N-dealkylation sites (N-methyl/N-ethyl adjacent to an activating group) is 1. The fraction of sp³-hybridized carbons (Fsp3) is 0.364. The molecule has 0 atom stereocenters. The average molecular weight is 465 g/mol. The van der Waals surface area contributed by atoms with Crippen molar-refractivity contribution in [3.05, 3.63) is 54.1 Å². The molecule has 2 aromatic carbocycles. The second-order valence-electron chi connectivity index (χ2n) is 7.43. The number of amidine groups is 1. The summed E-state index contributed by atoms with van der Waals surface area (Å²) in [6, 6.07) is 9.34. The van der Waals surface area contributed by atoms with E-state index in [1.54, 1.807) is 17.9 Å². The number of anilines is 2. The standard InChI is InChI=1S/C22H26F2N4O3S/c1-2-28(17-10-11-19(23)20(24)14-17)15-22(29)26-16-7-6-8-18(13-16)32(30,31)27-21-9-4-3-5-12-25-21/h6-8,10-11,13-14H,2-5,9,12,15H2,1H3,(H,25,27)(H,26,29). The van der Waals surface area contributed by atoms with Crippen LogP contribution in [0.15, 0.2) is 52.4 Å². The van der Waals surface area contributed by atoms with Gasteiger partial charge in [0.15, 0.2) is 11.6 Å². The summed E-state index contributed by atoms with van der Waals surface area (Å²) < 4.78 is 54.7. The Morgan fingerprint density at radius 2 is 1.91 bits per heavy atom. The van der Waals surface area contributed by atoms with E-state index < -0.39 is 27.6 Å². The molecule has 0 fully saturated rings. The van der Waals surface area contributed by atoms with Gasteiger partial charge in [-0.3, -0.25) is 14.5 Å². The van der Waals surface area contributed by atoms with Crippen LogP contribution in [0, 0.1) is 11.6 Å². The van der Waals surface area contributed by atoms with Crippen molar-refractivity contribution in [2.75, 3.05) is 29.9 Å². The lowest BCUT2D eigenvalue weighted by Crippen LogP contribution is -2.33. The molecule has 2 aromatic rings. The van der Waals surface area contributed by atoms with Crippen LogP contribution >= 0.6 is 0 Å². The molecule has 3 rings (SSSR count). The Hall–Kier alpha value is -3.01. The van der Waals surface area contributed by atoms with Gasteiger partial charge in [0, 0.05) is 37.0 Å². The molecular weight excluding hydrogens is 438 g/mol. The van der Waals surface area contributed by atoms with Gasteiger partial charge < -0.3 is 10.2 Å². The summed E-state index contributed by atoms with van der Waals surface area (Å²) in [5.74, 6) is -1.94. The molecule has 10 heteroatoms. The van der Waals surface area contributed by atoms with Gasteiger partial charge >= 0.3 is 0 Å². The second-order valence-corrected chi connectivity index (χ2v) is 9.12. The molecule has 32 heavy (non-hydrogen) atoms. The molecule has 0 saturated heterocycles. The lowest BCUT2D eigenvalue weighted by molar-refractivity contribution is -0.115. The maximum atomic E-state index is 13.5. The molecule has 0 radical (unpaired) electrons. The molecular formula is C22H26F2N4O3S. The molecule has 172 valence electrons. The molecule has 0 aliphatic carbocycles. The van der Waals surface area contributed by atoms with E-state index >= 15 is 0 Å². The number of halogens is 2. The fourth-order valence-electron chi connectivity index (χ4n) is 3.35. The molecule has 1 heterocycles. The van der Waals surface area contributed by atoms with Crippen molar-refractivity contribution >= 4 is 33.1 Å². The monoisotopic (exact) mass is 464 g/mol. The largest absolute Gasteiger partial charge is 0.362 e. The van der Waals surface area contributed by atoms with Crippen molar-refractivity contribution < 1.29 is 22.0 Å². The average Bonchev–Trinajstić information content (AvgIpc) is 3.02. The summed E-state index contributed by atoms with van der Waals surface area (Å²) in [6.45, 7) is 2.65. The van der Waals surface area contributed by atoms with Gasteiger partial charge in [-0.25, -0.2) is 17.2 Å². The summed E-state index contributed by atoms with van der Waals surface area (Å²) in [4.78, 5) is 18.4. The highest BCUT2D eigenvalue weighted by atomic mass is 32.2. The molecule has 0 bridgehead atoms. The molecule has 0 saturated carbocycles. The Labute approximate surface area is 186 Å². The first-order valence-electron chi connectivity index (χ1n) is 10.4. The number of aliphatic imine (C=N–C) groups is 1. The number of sulfonamides is 1. The number of benzene rings is 2. The van der Waals surface area contributed by atoms with E-state index in [0.717, 1.165) is 31.4 Å². The third kappa shape index (κ3) is 6.25. The molecule has 1 aliphatic rings. The van der Waals surface area contributed by atoms with E-state index in [-0.39, 0.29) is 11.4 Å². The predicted molar refractivity (Wildman–Crippen MR) is 120 cm³/mol. The Morgan fingerprint density at radius 1 is 1.09 bits per heavy atom. The summed E-state index contributed by atoms with van der Waals surface area (Å²) in [6.07, 6.45) is 3.40. The molecule has 7 nitrogen and oxygen atoms in total. The van der Waals surface area contributed by atoms with Crippen molar-refractivity contribution in [3.63, 3.8) is 0 Å². The van der Waals surface area contributed by atoms with Gasteiger partial charge in [0.25, 0.3) is 10.0 Å². The lowest BCUT2D eigenvalue weighted by Gasteiger charge is -2.22. The van der Waals surface area contributed by atoms with Gasteiger partial charge in [-0.15, -0.1) is 0 Å². The van der Waals surface area contributed by atoms with Crippen LogP contribution in [0.25, 0.3) is 0 Å². The zero-order valence-electron chi connectivity index (χ0n) is 17.8. The van der Waals surface area contributed by atoms with E-state index in [1.165, 1.54) is 24.3 Å². The number of nitrogens with zero attached hydrogens (tertiary/aromatic N) is 2. The third-order valence-electron chi connectivity index (χ3n) is 5.04. The van der Waals surface area contributed by atoms with Crippen molar-refractivity contribution in [1.29, 1.82) is 0 Å². The lowest BCUT2D eigenvalue weighted by atomic mass is 10.2. The molecule has 0 unspecified atom stereocenters. The highest BCUT2D eigenvalue weighted by Crippen LogP contribution is 2.19. The summed E-state index contributed by atoms with van der Waals surface area (Å²) >= 11 is 0. The smallest absolute Gasteiger partial charge is 0.262 e. The van der Waals surface area contributed by atoms with Gasteiger partial charge in [0.2, 0.25) is 5.91 Å². The zero-order valence-corrected chi connectivity index (χ0v) is 18.6. The number of hydrogen-bond acceptors (Lipinski definition) is 5. The van der Waals surface area contributed by atoms with Crippen molar-refractivity contribution in [3.8, 4) is 0 Å². The summed E-state index contributed by atoms with van der Waals surface area (Å²) in [7, 11) is -3.83. The molecule has 0 spiro atoms. The van der Waals surface area contributed by atoms with Crippen LogP contribution in [-0.2, 0) is 14.8 Å². The van der Waals surface area contributed by atoms with Crippen LogP contribution in [-0.4, -0.2) is 39.8 Å². The number of carbonyl (C=O) groups is 1. The van der Waals surface area contributed by atoms with Crippen molar-refractivity contribution in [2.24, 2.45) is 4.99 Å². The number of rotatable bonds is 7. The van der Waals surface area contributed by atoms with E-state index in [0.29, 0.717) is 36.7 Å². The maximum absolute atomic E-state index is 13.5. The van der Waals surface area contributed by atoms with Crippen LogP contribution in [0.5, 0.6) is 0 Å². The Bertz CT molecular complexity index is 1110. The quantitative estimate of drug-likeness (QED) is 0.654. The van der Waals surface area contributed by atoms with Crippen LogP contribution < -0.4 is 14.9 Å². The number of nitrogens with one attached hydrogen (secondary N) is 2. The maximum Gasteiger partial charge on any atom is 0.262 e. The molecule has 1 amide bonds. The fourth-order valence-corrected chi connectivity index (χ4v) is 4.49. The van der Waals surface area contributed by atoms with Crippen LogP contribution in [0.4, 0.5) is 20.2 Å². The van der Waals surface area contributed by atoms with E-state index in [4.69, 9.17) is 0 Å². The van der Waals surface area contributed by atoms with Gasteiger partial charge in [-0.05, 0) is 50.1 Å². The normalized spacial score (nSPS) is 14.3. The molecule has 2 N–H and O–H groups in total. The van der Waals surface area contributed by atoms with Gasteiger partial charge in [0.1, 0.15) is 5.84 Å². The highest BCUT2D eigenvalue weighted by molar-refractivity contribution is 7.90. The summed E-state index contributed by atoms with van der Waals surface area (Å²) in [5.41, 5.74) is 0.674. The van der Waals surface area contributed by atoms with Gasteiger partial charge in [-0.2, -0.15) is 0 Å². The SMILES string of the molecule is CCN(CC(=O)Nc1cccc(S(=O)(=O)NC2=NCCCCC2)c1)c1ccc(F)c(F)c1. The minimum Gasteiger partial charge on any atom is -0.362 e. The highest BCUT2D eigenvalue weighted by Gasteiger charge is 2.18. The number of carbonyl (C=O) groups excluding carboxylic acids is 1. The number of hydrogen-bond donors (Lipinski definition) is 2. The van der Waals surface area contributed by atoms with Crippen LogP contribution in [0.1, 0.15) is 32.6 Å². The Kier molecular flexibility index (Phi) is 7.79. The van der Waals surface area contributed by atoms with Crippen molar-refractivity contribution in [2.45, 2.75) is 37.5 Å². The minimum atomic E-state index is -3.83. The topological polar surface area (TPSA) is 90.9 Å². The number of amides is 1. The van der Waals surface area contributed by atoms with E-state index in [2.05, 4.69) is 15.0 Å². The van der Waals surface area contributed by atoms with Crippen molar-refractivity contribution in [1.82, 2.24) is 4.72 Å². The van der Waals surface area contributed by atoms with Gasteiger partial charge in [0.05, 0.1) is 11.4 Å². The minimum absolute atomic E-state index is 0.00944. The predicted octanol–water partition coefficient (Wildman–Crippen LogP) is 3.68. The summed E-state index contributed by atoms with van der Waals surface area (Å²) in [5, 5.41) is 2.66. The van der Waals surface area contributed by atoms with E-state index in [1.807, 2.05) is 0 Å². The van der Waals surface area contributed by atoms with E-state index in [9.17, 15) is 22.0 Å². The van der Waals surface area contributed by atoms with Crippen LogP contribution in [0.3, 0.4) is 0 Å². The second kappa shape index (κ2) is 10.5. The van der Waals surface area contributed by atoms with Crippen LogP contribution in [0.2, 0.25) is 0 Å². The molecule has 0 aromatic heterocycles. The first-order chi connectivity index (χ1) is 15.3. The Balaban J connectivity index is 1.68. The first-order valence-corrected chi connectivity index (χ1v) is 11.9. The zero-order chi connectivity index (χ0) is 23.1.